The SMILES string of the molecule is CCOC(=O)c1cc2ccccc2cc1O[C@H]1CC[C@H]2CN(C(=O)OC(C)(C)C)[C@H](C(=O)OCC)C[C@@H]2C1. The van der Waals surface area contributed by atoms with Gasteiger partial charge in [0.15, 0.2) is 0 Å². The summed E-state index contributed by atoms with van der Waals surface area (Å²) in [7, 11) is 0. The van der Waals surface area contributed by atoms with Gasteiger partial charge >= 0.3 is 18.0 Å². The smallest absolute Gasteiger partial charge is 0.411 e. The highest BCUT2D eigenvalue weighted by atomic mass is 16.6. The van der Waals surface area contributed by atoms with Crippen molar-refractivity contribution >= 4 is 28.8 Å². The molecule has 1 aliphatic heterocycles. The maximum atomic E-state index is 13.0. The van der Waals surface area contributed by atoms with Gasteiger partial charge in [-0.2, -0.15) is 0 Å². The van der Waals surface area contributed by atoms with Gasteiger partial charge in [0.25, 0.3) is 0 Å². The number of nitrogens with zero attached hydrogens (tertiary/aromatic N) is 1. The van der Waals surface area contributed by atoms with Crippen LogP contribution in [0.25, 0.3) is 10.8 Å². The molecule has 2 aromatic carbocycles. The van der Waals surface area contributed by atoms with Crippen molar-refractivity contribution in [2.24, 2.45) is 11.8 Å². The summed E-state index contributed by atoms with van der Waals surface area (Å²) >= 11 is 0. The first-order chi connectivity index (χ1) is 18.1. The molecule has 8 heteroatoms. The lowest BCUT2D eigenvalue weighted by Crippen LogP contribution is -2.56. The Hall–Kier alpha value is -3.29. The van der Waals surface area contributed by atoms with Crippen LogP contribution in [0.4, 0.5) is 4.79 Å². The molecule has 2 aromatic rings. The highest BCUT2D eigenvalue weighted by Gasteiger charge is 2.46. The van der Waals surface area contributed by atoms with Gasteiger partial charge in [0.1, 0.15) is 23.0 Å². The fraction of sp³-hybridized carbons (Fsp3) is 0.567. The molecular formula is C30H39NO7. The first kappa shape index (κ1) is 27.7. The number of piperidine rings is 1. The minimum Gasteiger partial charge on any atom is -0.489 e. The van der Waals surface area contributed by atoms with Gasteiger partial charge in [0.05, 0.1) is 19.3 Å². The number of amides is 1. The van der Waals surface area contributed by atoms with Crippen LogP contribution >= 0.6 is 0 Å². The van der Waals surface area contributed by atoms with Crippen molar-refractivity contribution in [2.45, 2.75) is 78.0 Å². The molecule has 4 atom stereocenters. The van der Waals surface area contributed by atoms with Gasteiger partial charge in [0, 0.05) is 6.54 Å². The summed E-state index contributed by atoms with van der Waals surface area (Å²) < 4.78 is 22.7. The molecule has 8 nitrogen and oxygen atoms in total. The van der Waals surface area contributed by atoms with Gasteiger partial charge < -0.3 is 18.9 Å². The maximum absolute atomic E-state index is 13.0. The van der Waals surface area contributed by atoms with Crippen LogP contribution in [0.15, 0.2) is 36.4 Å². The van der Waals surface area contributed by atoms with Crippen molar-refractivity contribution in [3.63, 3.8) is 0 Å². The van der Waals surface area contributed by atoms with Crippen molar-refractivity contribution in [1.29, 1.82) is 0 Å². The molecule has 0 N–H and O–H groups in total. The molecular weight excluding hydrogens is 486 g/mol. The fourth-order valence-electron chi connectivity index (χ4n) is 5.56. The maximum Gasteiger partial charge on any atom is 0.411 e. The molecule has 4 rings (SSSR count). The number of likely N-dealkylation sites (tertiary alicyclic amines) is 1. The van der Waals surface area contributed by atoms with Crippen LogP contribution in [0, 0.1) is 11.8 Å². The number of ether oxygens (including phenoxy) is 4. The lowest BCUT2D eigenvalue weighted by Gasteiger charge is -2.46. The van der Waals surface area contributed by atoms with E-state index in [1.54, 1.807) is 18.7 Å². The third kappa shape index (κ3) is 6.40. The van der Waals surface area contributed by atoms with Crippen molar-refractivity contribution in [1.82, 2.24) is 4.90 Å². The first-order valence-electron chi connectivity index (χ1n) is 13.6. The van der Waals surface area contributed by atoms with Gasteiger partial charge in [0.2, 0.25) is 0 Å². The third-order valence-corrected chi connectivity index (χ3v) is 7.25. The Morgan fingerprint density at radius 3 is 2.26 bits per heavy atom. The molecule has 0 spiro atoms. The van der Waals surface area contributed by atoms with E-state index in [0.29, 0.717) is 24.3 Å². The summed E-state index contributed by atoms with van der Waals surface area (Å²) in [6.45, 7) is 9.96. The lowest BCUT2D eigenvalue weighted by molar-refractivity contribution is -0.153. The Kier molecular flexibility index (Phi) is 8.48. The van der Waals surface area contributed by atoms with Gasteiger partial charge in [-0.25, -0.2) is 14.4 Å². The average Bonchev–Trinajstić information content (AvgIpc) is 2.86. The molecule has 1 aliphatic carbocycles. The van der Waals surface area contributed by atoms with E-state index in [1.165, 1.54) is 0 Å². The van der Waals surface area contributed by atoms with Crippen LogP contribution in [-0.2, 0) is 19.0 Å². The third-order valence-electron chi connectivity index (χ3n) is 7.25. The van der Waals surface area contributed by atoms with E-state index in [9.17, 15) is 14.4 Å². The molecule has 2 fully saturated rings. The summed E-state index contributed by atoms with van der Waals surface area (Å²) in [6, 6.07) is 10.9. The van der Waals surface area contributed by atoms with Crippen molar-refractivity contribution in [3.05, 3.63) is 42.0 Å². The van der Waals surface area contributed by atoms with Gasteiger partial charge in [-0.1, -0.05) is 24.3 Å². The Bertz CT molecular complexity index is 1170. The summed E-state index contributed by atoms with van der Waals surface area (Å²) in [5.41, 5.74) is -0.244. The van der Waals surface area contributed by atoms with E-state index in [1.807, 2.05) is 57.2 Å². The molecule has 0 aromatic heterocycles. The van der Waals surface area contributed by atoms with Gasteiger partial charge in [-0.05, 0) is 95.0 Å². The molecule has 1 amide bonds. The van der Waals surface area contributed by atoms with Crippen molar-refractivity contribution in [3.8, 4) is 5.75 Å². The zero-order valence-corrected chi connectivity index (χ0v) is 23.0. The van der Waals surface area contributed by atoms with E-state index < -0.39 is 29.7 Å². The fourth-order valence-corrected chi connectivity index (χ4v) is 5.56. The van der Waals surface area contributed by atoms with Crippen molar-refractivity contribution in [2.75, 3.05) is 19.8 Å². The number of hydrogen-bond donors (Lipinski definition) is 0. The largest absolute Gasteiger partial charge is 0.489 e. The molecule has 1 saturated heterocycles. The van der Waals surface area contributed by atoms with Crippen LogP contribution in [-0.4, -0.2) is 60.4 Å². The molecule has 0 bridgehead atoms. The Morgan fingerprint density at radius 2 is 1.61 bits per heavy atom. The highest BCUT2D eigenvalue weighted by Crippen LogP contribution is 2.41. The number of rotatable bonds is 6. The number of carbonyl (C=O) groups is 3. The minimum absolute atomic E-state index is 0.124. The summed E-state index contributed by atoms with van der Waals surface area (Å²) in [5, 5.41) is 1.93. The zero-order valence-electron chi connectivity index (χ0n) is 23.0. The molecule has 1 saturated carbocycles. The average molecular weight is 526 g/mol. The lowest BCUT2D eigenvalue weighted by atomic mass is 9.72. The molecule has 206 valence electrons. The number of hydrogen-bond acceptors (Lipinski definition) is 7. The van der Waals surface area contributed by atoms with Crippen LogP contribution in [0.1, 0.15) is 70.7 Å². The number of benzene rings is 2. The first-order valence-corrected chi connectivity index (χ1v) is 13.6. The standard InChI is InChI=1S/C30H39NO7/c1-6-35-27(32)24-15-19-10-8-9-11-20(19)17-26(24)37-23-13-12-21-18-31(29(34)38-30(3,4)5)25(16-22(21)14-23)28(33)36-7-2/h8-11,15,17,21-23,25H,6-7,12-14,16,18H2,1-5H3/t21-,22-,23-,25-/m0/s1. The monoisotopic (exact) mass is 525 g/mol. The van der Waals surface area contributed by atoms with E-state index >= 15 is 0 Å². The second kappa shape index (κ2) is 11.6. The van der Waals surface area contributed by atoms with E-state index in [4.69, 9.17) is 18.9 Å². The van der Waals surface area contributed by atoms with E-state index in [0.717, 1.165) is 30.0 Å². The van der Waals surface area contributed by atoms with Crippen LogP contribution in [0.2, 0.25) is 0 Å². The molecule has 2 aliphatic rings. The second-order valence-corrected chi connectivity index (χ2v) is 11.1. The topological polar surface area (TPSA) is 91.4 Å². The Morgan fingerprint density at radius 1 is 0.921 bits per heavy atom. The Balaban J connectivity index is 1.53. The van der Waals surface area contributed by atoms with Crippen LogP contribution in [0.5, 0.6) is 5.75 Å². The van der Waals surface area contributed by atoms with E-state index in [-0.39, 0.29) is 31.2 Å². The Labute approximate surface area is 224 Å². The van der Waals surface area contributed by atoms with Crippen LogP contribution in [0.3, 0.4) is 0 Å². The molecule has 1 heterocycles. The molecule has 38 heavy (non-hydrogen) atoms. The van der Waals surface area contributed by atoms with Crippen molar-refractivity contribution < 1.29 is 33.3 Å². The summed E-state index contributed by atoms with van der Waals surface area (Å²) in [5.74, 6) is 0.107. The normalized spacial score (nSPS) is 23.3. The van der Waals surface area contributed by atoms with Gasteiger partial charge in [-0.3, -0.25) is 4.90 Å². The predicted octanol–water partition coefficient (Wildman–Crippen LogP) is 5.75. The quantitative estimate of drug-likeness (QED) is 0.350. The molecule has 0 radical (unpaired) electrons. The van der Waals surface area contributed by atoms with Gasteiger partial charge in [-0.15, -0.1) is 0 Å². The zero-order chi connectivity index (χ0) is 27.4. The van der Waals surface area contributed by atoms with E-state index in [2.05, 4.69) is 0 Å². The second-order valence-electron chi connectivity index (χ2n) is 11.1. The highest BCUT2D eigenvalue weighted by molar-refractivity contribution is 5.98. The summed E-state index contributed by atoms with van der Waals surface area (Å²) in [4.78, 5) is 40.2. The number of fused-ring (bicyclic) bond motifs is 2. The van der Waals surface area contributed by atoms with Crippen LogP contribution < -0.4 is 4.74 Å². The predicted molar refractivity (Wildman–Crippen MR) is 143 cm³/mol. The molecule has 0 unspecified atom stereocenters. The number of carbonyl (C=O) groups excluding carboxylic acids is 3. The number of esters is 2. The summed E-state index contributed by atoms with van der Waals surface area (Å²) in [6.07, 6.45) is 2.22. The minimum atomic E-state index is -0.694.